The van der Waals surface area contributed by atoms with Crippen LogP contribution in [0.2, 0.25) is 0 Å². The van der Waals surface area contributed by atoms with Crippen molar-refractivity contribution in [2.45, 2.75) is 71.7 Å². The van der Waals surface area contributed by atoms with Crippen LogP contribution >= 0.6 is 0 Å². The summed E-state index contributed by atoms with van der Waals surface area (Å²) < 4.78 is 1.94. The Balaban J connectivity index is 1.57. The predicted molar refractivity (Wildman–Crippen MR) is 96.9 cm³/mol. The summed E-state index contributed by atoms with van der Waals surface area (Å²) in [6.07, 6.45) is 3.56. The number of aromatic nitrogens is 2. The number of hydrogen-bond donors (Lipinski definition) is 2. The summed E-state index contributed by atoms with van der Waals surface area (Å²) in [5, 5.41) is 17.2. The van der Waals surface area contributed by atoms with Crippen molar-refractivity contribution in [1.82, 2.24) is 20.0 Å². The Morgan fingerprint density at radius 3 is 2.73 bits per heavy atom. The summed E-state index contributed by atoms with van der Waals surface area (Å²) in [6.45, 7) is 6.40. The third-order valence-electron chi connectivity index (χ3n) is 5.27. The first kappa shape index (κ1) is 18.9. The second kappa shape index (κ2) is 8.20. The van der Waals surface area contributed by atoms with Gasteiger partial charge in [-0.1, -0.05) is 20.3 Å². The lowest BCUT2D eigenvalue weighted by atomic mass is 9.84. The fraction of sp³-hybridized carbons (Fsp3) is 0.737. The van der Waals surface area contributed by atoms with Gasteiger partial charge in [0.15, 0.2) is 0 Å². The van der Waals surface area contributed by atoms with E-state index in [4.69, 9.17) is 0 Å². The third kappa shape index (κ3) is 4.44. The van der Waals surface area contributed by atoms with Crippen molar-refractivity contribution in [3.63, 3.8) is 0 Å². The highest BCUT2D eigenvalue weighted by Crippen LogP contribution is 2.29. The average molecular weight is 362 g/mol. The Kier molecular flexibility index (Phi) is 5.96. The molecule has 26 heavy (non-hydrogen) atoms. The molecule has 2 N–H and O–H groups in total. The Bertz CT molecular complexity index is 651. The zero-order chi connectivity index (χ0) is 18.7. The van der Waals surface area contributed by atoms with Crippen molar-refractivity contribution in [3.05, 3.63) is 17.5 Å². The van der Waals surface area contributed by atoms with Crippen molar-refractivity contribution in [3.8, 4) is 0 Å². The molecule has 2 aliphatic rings. The van der Waals surface area contributed by atoms with E-state index in [1.165, 1.54) is 0 Å². The Labute approximate surface area is 154 Å². The van der Waals surface area contributed by atoms with Gasteiger partial charge in [-0.3, -0.25) is 14.3 Å². The molecule has 0 unspecified atom stereocenters. The van der Waals surface area contributed by atoms with Gasteiger partial charge in [0.2, 0.25) is 11.8 Å². The van der Waals surface area contributed by atoms with E-state index >= 15 is 0 Å². The maximum absolute atomic E-state index is 12.5. The van der Waals surface area contributed by atoms with Gasteiger partial charge in [0.05, 0.1) is 24.5 Å². The van der Waals surface area contributed by atoms with E-state index in [0.717, 1.165) is 50.2 Å². The molecule has 1 aliphatic carbocycles. The van der Waals surface area contributed by atoms with Gasteiger partial charge in [-0.25, -0.2) is 0 Å². The number of aryl methyl sites for hydroxylation is 1. The van der Waals surface area contributed by atoms with Crippen LogP contribution in [0.5, 0.6) is 0 Å². The van der Waals surface area contributed by atoms with Gasteiger partial charge in [-0.15, -0.1) is 0 Å². The van der Waals surface area contributed by atoms with Gasteiger partial charge in [0.25, 0.3) is 0 Å². The maximum Gasteiger partial charge on any atom is 0.249 e. The molecular weight excluding hydrogens is 332 g/mol. The average Bonchev–Trinajstić information content (AvgIpc) is 2.80. The number of fused-ring (bicyclic) bond motifs is 1. The molecule has 0 saturated heterocycles. The molecule has 1 aromatic heterocycles. The summed E-state index contributed by atoms with van der Waals surface area (Å²) >= 11 is 0. The summed E-state index contributed by atoms with van der Waals surface area (Å²) in [5.41, 5.74) is 1.78. The molecule has 0 spiro atoms. The number of aliphatic hydroxyl groups excluding tert-OH is 1. The maximum atomic E-state index is 12.5. The van der Waals surface area contributed by atoms with Crippen LogP contribution < -0.4 is 5.32 Å². The minimum absolute atomic E-state index is 0.214. The highest BCUT2D eigenvalue weighted by atomic mass is 16.3. The van der Waals surface area contributed by atoms with E-state index in [2.05, 4.69) is 10.4 Å². The van der Waals surface area contributed by atoms with Gasteiger partial charge in [-0.2, -0.15) is 5.10 Å². The molecular formula is C19H30N4O3. The van der Waals surface area contributed by atoms with Crippen LogP contribution in [0.25, 0.3) is 0 Å². The largest absolute Gasteiger partial charge is 0.383 e. The first-order chi connectivity index (χ1) is 12.4. The number of nitrogens with one attached hydrogen (secondary N) is 1. The number of nitrogens with zero attached hydrogens (tertiary/aromatic N) is 3. The first-order valence-corrected chi connectivity index (χ1v) is 9.74. The molecule has 0 bridgehead atoms. The highest BCUT2D eigenvalue weighted by molar-refractivity contribution is 5.80. The van der Waals surface area contributed by atoms with Crippen molar-refractivity contribution < 1.29 is 14.7 Å². The van der Waals surface area contributed by atoms with E-state index < -0.39 is 6.10 Å². The smallest absolute Gasteiger partial charge is 0.249 e. The Morgan fingerprint density at radius 2 is 2.08 bits per heavy atom. The summed E-state index contributed by atoms with van der Waals surface area (Å²) in [5.74, 6) is 0.394. The molecule has 7 nitrogen and oxygen atoms in total. The number of amides is 2. The van der Waals surface area contributed by atoms with Crippen molar-refractivity contribution in [1.29, 1.82) is 0 Å². The molecule has 1 atom stereocenters. The summed E-state index contributed by atoms with van der Waals surface area (Å²) in [7, 11) is 0. The van der Waals surface area contributed by atoms with Gasteiger partial charge in [-0.05, 0) is 37.7 Å². The zero-order valence-electron chi connectivity index (χ0n) is 15.8. The van der Waals surface area contributed by atoms with E-state index in [-0.39, 0.29) is 23.7 Å². The van der Waals surface area contributed by atoms with Gasteiger partial charge in [0, 0.05) is 19.0 Å². The molecule has 7 heteroatoms. The summed E-state index contributed by atoms with van der Waals surface area (Å²) in [4.78, 5) is 26.5. The van der Waals surface area contributed by atoms with Crippen molar-refractivity contribution in [2.24, 2.45) is 11.8 Å². The normalized spacial score (nSPS) is 18.8. The zero-order valence-corrected chi connectivity index (χ0v) is 15.8. The van der Waals surface area contributed by atoms with Crippen LogP contribution in [0.1, 0.15) is 57.3 Å². The number of carbonyl (C=O) groups is 2. The van der Waals surface area contributed by atoms with Crippen LogP contribution in [-0.4, -0.2) is 44.3 Å². The van der Waals surface area contributed by atoms with E-state index in [1.807, 2.05) is 29.5 Å². The van der Waals surface area contributed by atoms with Gasteiger partial charge in [0.1, 0.15) is 6.10 Å². The second-order valence-corrected chi connectivity index (χ2v) is 7.95. The standard InChI is InChI=1S/C19H30N4O3/c1-13(2)9-17(24)18(25)20-11-15-10-16-12-22(7-4-8-23(16)21-15)19(26)14-5-3-6-14/h10,13-14,17,24H,3-9,11-12H2,1-2H3,(H,20,25)/t17-/m0/s1. The minimum atomic E-state index is -0.981. The van der Waals surface area contributed by atoms with Crippen molar-refractivity contribution >= 4 is 11.8 Å². The van der Waals surface area contributed by atoms with E-state index in [0.29, 0.717) is 19.5 Å². The highest BCUT2D eigenvalue weighted by Gasteiger charge is 2.30. The number of aliphatic hydroxyl groups is 1. The van der Waals surface area contributed by atoms with Crippen LogP contribution in [0.15, 0.2) is 6.07 Å². The van der Waals surface area contributed by atoms with Gasteiger partial charge < -0.3 is 15.3 Å². The SMILES string of the molecule is CC(C)C[C@H](O)C(=O)NCc1cc2n(n1)CCCN(C(=O)C1CCC1)C2. The van der Waals surface area contributed by atoms with Crippen LogP contribution in [0.3, 0.4) is 0 Å². The van der Waals surface area contributed by atoms with Gasteiger partial charge >= 0.3 is 0 Å². The molecule has 2 amide bonds. The lowest BCUT2D eigenvalue weighted by Crippen LogP contribution is -2.38. The molecule has 1 aliphatic heterocycles. The Morgan fingerprint density at radius 1 is 1.31 bits per heavy atom. The van der Waals surface area contributed by atoms with Crippen LogP contribution in [0, 0.1) is 11.8 Å². The molecule has 2 heterocycles. The third-order valence-corrected chi connectivity index (χ3v) is 5.27. The Hall–Kier alpha value is -1.89. The fourth-order valence-electron chi connectivity index (χ4n) is 3.56. The van der Waals surface area contributed by atoms with Crippen LogP contribution in [0.4, 0.5) is 0 Å². The molecule has 0 aromatic carbocycles. The number of carbonyl (C=O) groups excluding carboxylic acids is 2. The fourth-order valence-corrected chi connectivity index (χ4v) is 3.56. The van der Waals surface area contributed by atoms with E-state index in [9.17, 15) is 14.7 Å². The number of rotatable bonds is 6. The van der Waals surface area contributed by atoms with Crippen molar-refractivity contribution in [2.75, 3.05) is 6.54 Å². The minimum Gasteiger partial charge on any atom is -0.383 e. The molecule has 144 valence electrons. The second-order valence-electron chi connectivity index (χ2n) is 7.95. The monoisotopic (exact) mass is 362 g/mol. The molecule has 1 fully saturated rings. The molecule has 1 aromatic rings. The summed E-state index contributed by atoms with van der Waals surface area (Å²) in [6, 6.07) is 1.96. The van der Waals surface area contributed by atoms with Crippen LogP contribution in [-0.2, 0) is 29.2 Å². The predicted octanol–water partition coefficient (Wildman–Crippen LogP) is 1.44. The lowest BCUT2D eigenvalue weighted by molar-refractivity contribution is -0.138. The lowest BCUT2D eigenvalue weighted by Gasteiger charge is -2.30. The van der Waals surface area contributed by atoms with E-state index in [1.54, 1.807) is 0 Å². The molecule has 1 saturated carbocycles. The number of hydrogen-bond acceptors (Lipinski definition) is 4. The first-order valence-electron chi connectivity index (χ1n) is 9.74. The molecule has 3 rings (SSSR count). The quantitative estimate of drug-likeness (QED) is 0.802. The topological polar surface area (TPSA) is 87.5 Å². The molecule has 0 radical (unpaired) electrons.